The van der Waals surface area contributed by atoms with Crippen LogP contribution in [0.4, 0.5) is 0 Å². The molecule has 0 spiro atoms. The number of carbonyl (C=O) groups excluding carboxylic acids is 4. The highest BCUT2D eigenvalue weighted by Crippen LogP contribution is 2.25. The maximum Gasteiger partial charge on any atom is 0.193 e. The Morgan fingerprint density at radius 2 is 0.542 bits per heavy atom. The van der Waals surface area contributed by atoms with Gasteiger partial charge in [-0.05, 0) is 79.7 Å². The molecule has 234 valence electrons. The summed E-state index contributed by atoms with van der Waals surface area (Å²) < 4.78 is 11.1. The average Bonchev–Trinajstić information content (AvgIpc) is 3.15. The third-order valence-corrected chi connectivity index (χ3v) is 7.95. The van der Waals surface area contributed by atoms with Gasteiger partial charge in [0.25, 0.3) is 0 Å². The Bertz CT molecular complexity index is 2090. The van der Waals surface area contributed by atoms with Gasteiger partial charge in [0.15, 0.2) is 23.1 Å². The van der Waals surface area contributed by atoms with Gasteiger partial charge >= 0.3 is 0 Å². The van der Waals surface area contributed by atoms with Crippen LogP contribution in [0.15, 0.2) is 146 Å². The second-order valence-corrected chi connectivity index (χ2v) is 11.2. The van der Waals surface area contributed by atoms with Gasteiger partial charge in [-0.15, -0.1) is 0 Å². The number of carbonyl (C=O) groups is 4. The number of benzene rings is 6. The van der Waals surface area contributed by atoms with Crippen LogP contribution in [0, 0.1) is 6.92 Å². The van der Waals surface area contributed by atoms with Crippen molar-refractivity contribution < 1.29 is 28.7 Å². The van der Waals surface area contributed by atoms with E-state index in [0.717, 1.165) is 5.56 Å². The van der Waals surface area contributed by atoms with Gasteiger partial charge in [0.2, 0.25) is 0 Å². The summed E-state index contributed by atoms with van der Waals surface area (Å²) in [6.45, 7) is 1.97. The van der Waals surface area contributed by atoms with E-state index >= 15 is 0 Å². The first-order chi connectivity index (χ1) is 23.3. The first-order valence-electron chi connectivity index (χ1n) is 15.3. The largest absolute Gasteiger partial charge is 0.497 e. The van der Waals surface area contributed by atoms with Gasteiger partial charge < -0.3 is 9.47 Å². The van der Waals surface area contributed by atoms with Crippen molar-refractivity contribution in [2.24, 2.45) is 0 Å². The number of hydrogen-bond donors (Lipinski definition) is 0. The predicted octanol–water partition coefficient (Wildman–Crippen LogP) is 8.72. The zero-order valence-electron chi connectivity index (χ0n) is 26.3. The van der Waals surface area contributed by atoms with Gasteiger partial charge in [0, 0.05) is 44.5 Å². The lowest BCUT2D eigenvalue weighted by atomic mass is 9.98. The Hall–Kier alpha value is -6.40. The van der Waals surface area contributed by atoms with Gasteiger partial charge in [-0.25, -0.2) is 0 Å². The Kier molecular flexibility index (Phi) is 9.17. The molecule has 48 heavy (non-hydrogen) atoms. The number of hydrogen-bond acceptors (Lipinski definition) is 6. The van der Waals surface area contributed by atoms with Crippen LogP contribution in [-0.2, 0) is 0 Å². The molecule has 0 radical (unpaired) electrons. The van der Waals surface area contributed by atoms with Crippen molar-refractivity contribution in [1.29, 1.82) is 0 Å². The van der Waals surface area contributed by atoms with Crippen molar-refractivity contribution in [2.75, 3.05) is 7.11 Å². The quantitative estimate of drug-likeness (QED) is 0.133. The maximum absolute atomic E-state index is 13.1. The zero-order valence-corrected chi connectivity index (χ0v) is 26.3. The Morgan fingerprint density at radius 1 is 0.333 bits per heavy atom. The monoisotopic (exact) mass is 630 g/mol. The Labute approximate surface area is 278 Å². The lowest BCUT2D eigenvalue weighted by Gasteiger charge is -2.09. The molecule has 6 aromatic rings. The van der Waals surface area contributed by atoms with E-state index in [4.69, 9.17) is 9.47 Å². The molecule has 0 heterocycles. The Morgan fingerprint density at radius 3 is 0.792 bits per heavy atom. The highest BCUT2D eigenvalue weighted by atomic mass is 16.5. The summed E-state index contributed by atoms with van der Waals surface area (Å²) >= 11 is 0. The van der Waals surface area contributed by atoms with Crippen molar-refractivity contribution in [3.63, 3.8) is 0 Å². The molecule has 6 rings (SSSR count). The first kappa shape index (κ1) is 31.6. The third-order valence-electron chi connectivity index (χ3n) is 7.95. The van der Waals surface area contributed by atoms with Crippen LogP contribution in [0.5, 0.6) is 17.2 Å². The highest BCUT2D eigenvalue weighted by Gasteiger charge is 2.15. The molecule has 0 saturated heterocycles. The summed E-state index contributed by atoms with van der Waals surface area (Å²) in [7, 11) is 1.57. The van der Waals surface area contributed by atoms with Crippen molar-refractivity contribution >= 4 is 23.1 Å². The first-order valence-corrected chi connectivity index (χ1v) is 15.3. The van der Waals surface area contributed by atoms with E-state index in [1.54, 1.807) is 141 Å². The fourth-order valence-electron chi connectivity index (χ4n) is 5.14. The standard InChI is InChI=1S/C42H30O6/c1-27-3-5-28(6-4-27)39(43)29-7-9-31(10-8-29)41(45)34-17-23-37(24-18-34)48-38-25-19-35(20-26-38)42(46)32-13-11-30(12-14-32)40(44)33-15-21-36(47-2)22-16-33/h3-26H,1-2H3. The van der Waals surface area contributed by atoms with E-state index < -0.39 is 0 Å². The molecule has 0 aliphatic carbocycles. The summed E-state index contributed by atoms with van der Waals surface area (Å²) in [5.74, 6) is 1.14. The van der Waals surface area contributed by atoms with Gasteiger partial charge in [-0.3, -0.25) is 19.2 Å². The molecule has 0 N–H and O–H groups in total. The molecule has 0 aliphatic heterocycles. The molecule has 0 aromatic heterocycles. The SMILES string of the molecule is COc1ccc(C(=O)c2ccc(C(=O)c3ccc(Oc4ccc(C(=O)c5ccc(C(=O)c6ccc(C)cc6)cc5)cc4)cc3)cc2)cc1. The van der Waals surface area contributed by atoms with Crippen LogP contribution in [0.2, 0.25) is 0 Å². The number of aryl methyl sites for hydroxylation is 1. The van der Waals surface area contributed by atoms with Crippen molar-refractivity contribution in [1.82, 2.24) is 0 Å². The lowest BCUT2D eigenvalue weighted by Crippen LogP contribution is -2.04. The molecule has 0 fully saturated rings. The van der Waals surface area contributed by atoms with E-state index in [1.165, 1.54) is 0 Å². The summed E-state index contributed by atoms with van der Waals surface area (Å²) in [6, 6.07) is 41.0. The fraction of sp³-hybridized carbons (Fsp3) is 0.0476. The zero-order chi connectivity index (χ0) is 33.6. The van der Waals surface area contributed by atoms with E-state index in [0.29, 0.717) is 61.8 Å². The topological polar surface area (TPSA) is 86.7 Å². The molecule has 6 nitrogen and oxygen atoms in total. The Balaban J connectivity index is 1.05. The molecule has 0 unspecified atom stereocenters. The van der Waals surface area contributed by atoms with E-state index in [1.807, 2.05) is 19.1 Å². The highest BCUT2D eigenvalue weighted by molar-refractivity contribution is 6.12. The fourth-order valence-corrected chi connectivity index (χ4v) is 5.14. The number of rotatable bonds is 11. The number of ether oxygens (including phenoxy) is 2. The van der Waals surface area contributed by atoms with E-state index in [-0.39, 0.29) is 23.1 Å². The molecular formula is C42H30O6. The molecular weight excluding hydrogens is 600 g/mol. The molecule has 0 saturated carbocycles. The average molecular weight is 631 g/mol. The van der Waals surface area contributed by atoms with Gasteiger partial charge in [0.1, 0.15) is 17.2 Å². The summed E-state index contributed by atoms with van der Waals surface area (Å²) in [5, 5.41) is 0. The lowest BCUT2D eigenvalue weighted by molar-refractivity contribution is 0.102. The molecule has 0 aliphatic rings. The summed E-state index contributed by atoms with van der Waals surface area (Å²) in [6.07, 6.45) is 0. The van der Waals surface area contributed by atoms with E-state index in [2.05, 4.69) is 0 Å². The minimum atomic E-state index is -0.180. The molecule has 6 aromatic carbocycles. The second-order valence-electron chi connectivity index (χ2n) is 11.2. The van der Waals surface area contributed by atoms with Crippen LogP contribution in [0.25, 0.3) is 0 Å². The summed E-state index contributed by atoms with van der Waals surface area (Å²) in [4.78, 5) is 51.8. The molecule has 0 atom stereocenters. The van der Waals surface area contributed by atoms with Crippen LogP contribution in [0.1, 0.15) is 69.2 Å². The maximum atomic E-state index is 13.1. The van der Waals surface area contributed by atoms with Crippen LogP contribution < -0.4 is 9.47 Å². The number of ketones is 4. The smallest absolute Gasteiger partial charge is 0.193 e. The predicted molar refractivity (Wildman–Crippen MR) is 184 cm³/mol. The van der Waals surface area contributed by atoms with Crippen LogP contribution >= 0.6 is 0 Å². The van der Waals surface area contributed by atoms with Crippen LogP contribution in [-0.4, -0.2) is 30.2 Å². The minimum absolute atomic E-state index is 0.0964. The molecule has 0 bridgehead atoms. The molecule has 6 heteroatoms. The minimum Gasteiger partial charge on any atom is -0.497 e. The van der Waals surface area contributed by atoms with Gasteiger partial charge in [-0.1, -0.05) is 78.4 Å². The second kappa shape index (κ2) is 13.9. The third kappa shape index (κ3) is 7.03. The van der Waals surface area contributed by atoms with Gasteiger partial charge in [-0.2, -0.15) is 0 Å². The van der Waals surface area contributed by atoms with E-state index in [9.17, 15) is 19.2 Å². The number of methoxy groups -OCH3 is 1. The van der Waals surface area contributed by atoms with Gasteiger partial charge in [0.05, 0.1) is 7.11 Å². The molecule has 0 amide bonds. The van der Waals surface area contributed by atoms with Crippen LogP contribution in [0.3, 0.4) is 0 Å². The van der Waals surface area contributed by atoms with Crippen molar-refractivity contribution in [2.45, 2.75) is 6.92 Å². The normalized spacial score (nSPS) is 10.6. The van der Waals surface area contributed by atoms with Crippen molar-refractivity contribution in [3.05, 3.63) is 196 Å². The summed E-state index contributed by atoms with van der Waals surface area (Å²) in [5.41, 5.74) is 5.10. The van der Waals surface area contributed by atoms with Crippen molar-refractivity contribution in [3.8, 4) is 17.2 Å².